The van der Waals surface area contributed by atoms with Crippen LogP contribution in [-0.4, -0.2) is 21.3 Å². The summed E-state index contributed by atoms with van der Waals surface area (Å²) >= 11 is 0. The smallest absolute Gasteiger partial charge is 0.149 e. The van der Waals surface area contributed by atoms with Crippen molar-refractivity contribution in [1.82, 2.24) is 0 Å². The van der Waals surface area contributed by atoms with Gasteiger partial charge in [0.15, 0.2) is 0 Å². The fourth-order valence-corrected chi connectivity index (χ4v) is 2.19. The van der Waals surface area contributed by atoms with Crippen molar-refractivity contribution in [3.63, 3.8) is 0 Å². The quantitative estimate of drug-likeness (QED) is 0.875. The number of ether oxygens (including phenoxy) is 3. The number of hydrogen-bond acceptors (Lipinski definition) is 4. The molecule has 0 fully saturated rings. The van der Waals surface area contributed by atoms with Gasteiger partial charge in [-0.25, -0.2) is 0 Å². The Morgan fingerprint density at radius 3 is 1.90 bits per heavy atom. The zero-order valence-electron chi connectivity index (χ0n) is 12.8. The molecule has 0 heterocycles. The summed E-state index contributed by atoms with van der Waals surface area (Å²) in [5.74, 6) is 2.07. The Balaban J connectivity index is 2.34. The van der Waals surface area contributed by atoms with Gasteiger partial charge in [0.2, 0.25) is 0 Å². The maximum atomic E-state index is 5.44. The van der Waals surface area contributed by atoms with Gasteiger partial charge in [0.25, 0.3) is 0 Å². The molecule has 112 valence electrons. The maximum Gasteiger partial charge on any atom is 0.149 e. The summed E-state index contributed by atoms with van der Waals surface area (Å²) in [5.41, 5.74) is 2.01. The zero-order valence-corrected chi connectivity index (χ0v) is 12.8. The van der Waals surface area contributed by atoms with Crippen LogP contribution < -0.4 is 19.5 Å². The summed E-state index contributed by atoms with van der Waals surface area (Å²) < 4.78 is 16.1. The molecule has 0 aliphatic heterocycles. The van der Waals surface area contributed by atoms with Crippen LogP contribution in [0.2, 0.25) is 0 Å². The Kier molecular flexibility index (Phi) is 4.93. The van der Waals surface area contributed by atoms with Crippen LogP contribution in [0.1, 0.15) is 18.5 Å². The highest BCUT2D eigenvalue weighted by Gasteiger charge is 2.16. The van der Waals surface area contributed by atoms with Gasteiger partial charge < -0.3 is 19.5 Å². The summed E-state index contributed by atoms with van der Waals surface area (Å²) in [6.07, 6.45) is 0. The Hall–Kier alpha value is -2.36. The standard InChI is InChI=1S/C17H21NO3/c1-12(13-8-6-5-7-9-13)18-17-15(20-3)10-14(19-2)11-16(17)21-4/h5-12,18H,1-4H3/t12-/m0/s1. The van der Waals surface area contributed by atoms with Crippen molar-refractivity contribution < 1.29 is 14.2 Å². The van der Waals surface area contributed by atoms with Gasteiger partial charge in [0.05, 0.1) is 21.3 Å². The minimum absolute atomic E-state index is 0.127. The molecule has 0 aromatic heterocycles. The lowest BCUT2D eigenvalue weighted by Gasteiger charge is -2.21. The zero-order chi connectivity index (χ0) is 15.2. The van der Waals surface area contributed by atoms with Crippen molar-refractivity contribution in [1.29, 1.82) is 0 Å². The number of benzene rings is 2. The summed E-state index contributed by atoms with van der Waals surface area (Å²) in [7, 11) is 4.88. The van der Waals surface area contributed by atoms with Crippen LogP contribution in [0.25, 0.3) is 0 Å². The van der Waals surface area contributed by atoms with Gasteiger partial charge in [-0.3, -0.25) is 0 Å². The molecular formula is C17H21NO3. The average Bonchev–Trinajstić information content (AvgIpc) is 2.55. The molecule has 0 saturated carbocycles. The summed E-state index contributed by atoms with van der Waals surface area (Å²) in [6, 6.07) is 14.0. The molecule has 1 atom stereocenters. The molecule has 0 saturated heterocycles. The van der Waals surface area contributed by atoms with Crippen LogP contribution >= 0.6 is 0 Å². The summed E-state index contributed by atoms with van der Waals surface area (Å²) in [6.45, 7) is 2.10. The van der Waals surface area contributed by atoms with E-state index in [9.17, 15) is 0 Å². The van der Waals surface area contributed by atoms with Gasteiger partial charge >= 0.3 is 0 Å². The molecule has 0 unspecified atom stereocenters. The van der Waals surface area contributed by atoms with E-state index in [1.165, 1.54) is 5.56 Å². The highest BCUT2D eigenvalue weighted by atomic mass is 16.5. The van der Waals surface area contributed by atoms with E-state index in [0.29, 0.717) is 17.2 Å². The van der Waals surface area contributed by atoms with E-state index in [1.807, 2.05) is 30.3 Å². The van der Waals surface area contributed by atoms with Crippen molar-refractivity contribution >= 4 is 5.69 Å². The third-order valence-corrected chi connectivity index (χ3v) is 3.38. The van der Waals surface area contributed by atoms with Gasteiger partial charge in [0.1, 0.15) is 22.9 Å². The number of hydrogen-bond donors (Lipinski definition) is 1. The third kappa shape index (κ3) is 3.40. The van der Waals surface area contributed by atoms with E-state index in [-0.39, 0.29) is 6.04 Å². The molecule has 0 aliphatic rings. The second kappa shape index (κ2) is 6.88. The predicted molar refractivity (Wildman–Crippen MR) is 84.6 cm³/mol. The van der Waals surface area contributed by atoms with Crippen LogP contribution in [0.15, 0.2) is 42.5 Å². The van der Waals surface area contributed by atoms with Crippen LogP contribution in [0, 0.1) is 0 Å². The molecular weight excluding hydrogens is 266 g/mol. The second-order valence-electron chi connectivity index (χ2n) is 4.68. The van der Waals surface area contributed by atoms with E-state index in [1.54, 1.807) is 21.3 Å². The first-order valence-electron chi connectivity index (χ1n) is 6.81. The monoisotopic (exact) mass is 287 g/mol. The number of methoxy groups -OCH3 is 3. The topological polar surface area (TPSA) is 39.7 Å². The second-order valence-corrected chi connectivity index (χ2v) is 4.68. The molecule has 2 rings (SSSR count). The fraction of sp³-hybridized carbons (Fsp3) is 0.294. The lowest BCUT2D eigenvalue weighted by atomic mass is 10.1. The first kappa shape index (κ1) is 15.0. The molecule has 1 N–H and O–H groups in total. The lowest BCUT2D eigenvalue weighted by Crippen LogP contribution is -2.09. The molecule has 0 radical (unpaired) electrons. The molecule has 0 spiro atoms. The number of anilines is 1. The molecule has 4 nitrogen and oxygen atoms in total. The molecule has 2 aromatic carbocycles. The predicted octanol–water partition coefficient (Wildman–Crippen LogP) is 3.89. The maximum absolute atomic E-state index is 5.44. The van der Waals surface area contributed by atoms with Crippen molar-refractivity contribution in [3.05, 3.63) is 48.0 Å². The Morgan fingerprint density at radius 1 is 0.857 bits per heavy atom. The molecule has 0 amide bonds. The van der Waals surface area contributed by atoms with Crippen LogP contribution in [0.5, 0.6) is 17.2 Å². The minimum atomic E-state index is 0.127. The van der Waals surface area contributed by atoms with Gasteiger partial charge in [0, 0.05) is 18.2 Å². The molecule has 4 heteroatoms. The first-order valence-corrected chi connectivity index (χ1v) is 6.81. The van der Waals surface area contributed by atoms with E-state index >= 15 is 0 Å². The molecule has 0 bridgehead atoms. The fourth-order valence-electron chi connectivity index (χ4n) is 2.19. The third-order valence-electron chi connectivity index (χ3n) is 3.38. The van der Waals surface area contributed by atoms with Crippen molar-refractivity contribution in [3.8, 4) is 17.2 Å². The molecule has 21 heavy (non-hydrogen) atoms. The van der Waals surface area contributed by atoms with Gasteiger partial charge in [-0.1, -0.05) is 30.3 Å². The number of nitrogens with one attached hydrogen (secondary N) is 1. The van der Waals surface area contributed by atoms with Crippen molar-refractivity contribution in [2.24, 2.45) is 0 Å². The van der Waals surface area contributed by atoms with Crippen LogP contribution in [0.4, 0.5) is 5.69 Å². The summed E-state index contributed by atoms with van der Waals surface area (Å²) in [5, 5.41) is 3.44. The normalized spacial score (nSPS) is 11.6. The largest absolute Gasteiger partial charge is 0.496 e. The Morgan fingerprint density at radius 2 is 1.43 bits per heavy atom. The lowest BCUT2D eigenvalue weighted by molar-refractivity contribution is 0.377. The van der Waals surface area contributed by atoms with Crippen LogP contribution in [-0.2, 0) is 0 Å². The molecule has 2 aromatic rings. The minimum Gasteiger partial charge on any atom is -0.496 e. The van der Waals surface area contributed by atoms with E-state index in [0.717, 1.165) is 5.69 Å². The van der Waals surface area contributed by atoms with Crippen molar-refractivity contribution in [2.45, 2.75) is 13.0 Å². The molecule has 0 aliphatic carbocycles. The van der Waals surface area contributed by atoms with Gasteiger partial charge in [-0.15, -0.1) is 0 Å². The number of rotatable bonds is 6. The van der Waals surface area contributed by atoms with Crippen LogP contribution in [0.3, 0.4) is 0 Å². The Labute approximate surface area is 125 Å². The van der Waals surface area contributed by atoms with E-state index < -0.39 is 0 Å². The van der Waals surface area contributed by atoms with E-state index in [2.05, 4.69) is 24.4 Å². The summed E-state index contributed by atoms with van der Waals surface area (Å²) in [4.78, 5) is 0. The highest BCUT2D eigenvalue weighted by molar-refractivity contribution is 5.69. The highest BCUT2D eigenvalue weighted by Crippen LogP contribution is 2.40. The first-order chi connectivity index (χ1) is 10.2. The van der Waals surface area contributed by atoms with Crippen molar-refractivity contribution in [2.75, 3.05) is 26.6 Å². The van der Waals surface area contributed by atoms with Gasteiger partial charge in [-0.05, 0) is 12.5 Å². The average molecular weight is 287 g/mol. The Bertz CT molecular complexity index is 559. The SMILES string of the molecule is COc1cc(OC)c(N[C@@H](C)c2ccccc2)c(OC)c1. The van der Waals surface area contributed by atoms with E-state index in [4.69, 9.17) is 14.2 Å². The van der Waals surface area contributed by atoms with Gasteiger partial charge in [-0.2, -0.15) is 0 Å².